The van der Waals surface area contributed by atoms with Crippen molar-refractivity contribution < 1.29 is 13.2 Å². The van der Waals surface area contributed by atoms with Crippen LogP contribution in [0.3, 0.4) is 0 Å². The monoisotopic (exact) mass is 294 g/mol. The van der Waals surface area contributed by atoms with Gasteiger partial charge in [0.25, 0.3) is 14.3 Å². The lowest BCUT2D eigenvalue weighted by atomic mass is 10.2. The van der Waals surface area contributed by atoms with Crippen molar-refractivity contribution in [2.24, 2.45) is 0 Å². The van der Waals surface area contributed by atoms with Crippen LogP contribution >= 0.6 is 33.6 Å². The summed E-state index contributed by atoms with van der Waals surface area (Å²) in [6.45, 7) is 0. The molecule has 1 aromatic carbocycles. The Morgan fingerprint density at radius 3 is 2.44 bits per heavy atom. The van der Waals surface area contributed by atoms with Crippen LogP contribution in [0, 0.1) is 0 Å². The van der Waals surface area contributed by atoms with Gasteiger partial charge in [-0.3, -0.25) is 4.79 Å². The summed E-state index contributed by atoms with van der Waals surface area (Å²) < 4.78 is 23.4. The molecule has 0 radical (unpaired) electrons. The van der Waals surface area contributed by atoms with Crippen molar-refractivity contribution in [2.45, 2.75) is 4.90 Å². The zero-order valence-corrected chi connectivity index (χ0v) is 10.8. The molecule has 0 saturated heterocycles. The van der Waals surface area contributed by atoms with E-state index in [0.29, 0.717) is 10.1 Å². The molecule has 0 aliphatic rings. The molecule has 2 aromatic rings. The van der Waals surface area contributed by atoms with Crippen LogP contribution in [-0.2, 0) is 9.05 Å². The van der Waals surface area contributed by atoms with E-state index >= 15 is 0 Å². The number of rotatable bonds is 2. The third kappa shape index (κ3) is 1.96. The third-order valence-corrected chi connectivity index (χ3v) is 4.95. The van der Waals surface area contributed by atoms with Gasteiger partial charge in [0, 0.05) is 20.8 Å². The second-order valence-corrected chi connectivity index (χ2v) is 6.87. The topological polar surface area (TPSA) is 51.2 Å². The van der Waals surface area contributed by atoms with E-state index in [-0.39, 0.29) is 9.77 Å². The molecular weight excluding hydrogens is 291 g/mol. The molecule has 0 unspecified atom stereocenters. The van der Waals surface area contributed by atoms with E-state index in [4.69, 9.17) is 22.3 Å². The van der Waals surface area contributed by atoms with Gasteiger partial charge in [0.05, 0.1) is 0 Å². The fraction of sp³-hybridized carbons (Fsp3) is 0. The van der Waals surface area contributed by atoms with E-state index in [9.17, 15) is 13.2 Å². The highest BCUT2D eigenvalue weighted by molar-refractivity contribution is 8.14. The van der Waals surface area contributed by atoms with Gasteiger partial charge in [0.1, 0.15) is 9.77 Å². The van der Waals surface area contributed by atoms with Crippen molar-refractivity contribution in [3.8, 4) is 0 Å². The molecule has 0 bridgehead atoms. The molecule has 2 rings (SSSR count). The van der Waals surface area contributed by atoms with Crippen LogP contribution in [0.2, 0.25) is 0 Å². The first kappa shape index (κ1) is 11.9. The maximum Gasteiger partial charge on any atom is 0.263 e. The fourth-order valence-corrected chi connectivity index (χ4v) is 4.48. The fourth-order valence-electron chi connectivity index (χ4n) is 1.39. The van der Waals surface area contributed by atoms with E-state index in [0.717, 1.165) is 11.3 Å². The molecule has 1 aromatic heterocycles. The Morgan fingerprint density at radius 1 is 1.25 bits per heavy atom. The Bertz CT molecular complexity index is 673. The standard InChI is InChI=1S/C9H4Cl2O3S2/c10-9(12)7-8(16(11,13)14)5-3-1-2-4-6(5)15-7/h1-4H. The highest BCUT2D eigenvalue weighted by Gasteiger charge is 2.25. The summed E-state index contributed by atoms with van der Waals surface area (Å²) in [4.78, 5) is 10.9. The Hall–Kier alpha value is -0.620. The normalized spacial score (nSPS) is 11.9. The molecule has 0 aliphatic heterocycles. The van der Waals surface area contributed by atoms with Crippen molar-refractivity contribution in [3.05, 3.63) is 29.1 Å². The SMILES string of the molecule is O=C(Cl)c1sc2ccccc2c1S(=O)(=O)Cl. The molecule has 0 amide bonds. The first-order valence-electron chi connectivity index (χ1n) is 4.07. The summed E-state index contributed by atoms with van der Waals surface area (Å²) in [5.74, 6) is 0. The highest BCUT2D eigenvalue weighted by atomic mass is 35.7. The zero-order chi connectivity index (χ0) is 11.9. The highest BCUT2D eigenvalue weighted by Crippen LogP contribution is 2.37. The van der Waals surface area contributed by atoms with Crippen molar-refractivity contribution in [1.82, 2.24) is 0 Å². The number of carbonyl (C=O) groups is 1. The Balaban J connectivity index is 2.97. The quantitative estimate of drug-likeness (QED) is 0.799. The summed E-state index contributed by atoms with van der Waals surface area (Å²) in [5, 5.41) is -0.396. The molecule has 0 spiro atoms. The Kier molecular flexibility index (Phi) is 2.96. The number of hydrogen-bond donors (Lipinski definition) is 0. The minimum absolute atomic E-state index is 0.0436. The lowest BCUT2D eigenvalue weighted by Crippen LogP contribution is -1.96. The number of carbonyl (C=O) groups excluding carboxylic acids is 1. The zero-order valence-electron chi connectivity index (χ0n) is 7.61. The second kappa shape index (κ2) is 4.00. The molecule has 3 nitrogen and oxygen atoms in total. The molecule has 0 saturated carbocycles. The van der Waals surface area contributed by atoms with Gasteiger partial charge >= 0.3 is 0 Å². The average Bonchev–Trinajstić information content (AvgIpc) is 2.55. The van der Waals surface area contributed by atoms with Gasteiger partial charge in [-0.15, -0.1) is 11.3 Å². The first-order chi connectivity index (χ1) is 7.41. The molecule has 16 heavy (non-hydrogen) atoms. The predicted octanol–water partition coefficient (Wildman–Crippen LogP) is 3.21. The van der Waals surface area contributed by atoms with Gasteiger partial charge < -0.3 is 0 Å². The summed E-state index contributed by atoms with van der Waals surface area (Å²) >= 11 is 6.35. The molecule has 7 heteroatoms. The molecule has 1 heterocycles. The van der Waals surface area contributed by atoms with Crippen molar-refractivity contribution >= 4 is 58.0 Å². The third-order valence-electron chi connectivity index (χ3n) is 1.97. The van der Waals surface area contributed by atoms with E-state index < -0.39 is 14.3 Å². The lowest BCUT2D eigenvalue weighted by Gasteiger charge is -1.95. The minimum atomic E-state index is -3.98. The molecule has 0 atom stereocenters. The van der Waals surface area contributed by atoms with Gasteiger partial charge in [-0.25, -0.2) is 8.42 Å². The van der Waals surface area contributed by atoms with Crippen LogP contribution in [0.15, 0.2) is 29.2 Å². The molecular formula is C9H4Cl2O3S2. The Morgan fingerprint density at radius 2 is 1.88 bits per heavy atom. The summed E-state index contributed by atoms with van der Waals surface area (Å²) in [6.07, 6.45) is 0. The smallest absolute Gasteiger partial charge is 0.263 e. The molecule has 84 valence electrons. The number of halogens is 2. The largest absolute Gasteiger partial charge is 0.275 e. The van der Waals surface area contributed by atoms with E-state index in [1.54, 1.807) is 24.3 Å². The van der Waals surface area contributed by atoms with Gasteiger partial charge in [-0.1, -0.05) is 18.2 Å². The van der Waals surface area contributed by atoms with E-state index in [2.05, 4.69) is 0 Å². The van der Waals surface area contributed by atoms with Gasteiger partial charge in [0.2, 0.25) is 0 Å². The lowest BCUT2D eigenvalue weighted by molar-refractivity contribution is 0.108. The molecule has 0 fully saturated rings. The summed E-state index contributed by atoms with van der Waals surface area (Å²) in [5.41, 5.74) is 0. The number of thiophene rings is 1. The van der Waals surface area contributed by atoms with Crippen LogP contribution in [0.1, 0.15) is 9.67 Å². The van der Waals surface area contributed by atoms with Crippen LogP contribution in [0.4, 0.5) is 0 Å². The average molecular weight is 295 g/mol. The Labute approximate surface area is 105 Å². The van der Waals surface area contributed by atoms with Crippen LogP contribution in [0.5, 0.6) is 0 Å². The van der Waals surface area contributed by atoms with Gasteiger partial charge in [-0.05, 0) is 17.7 Å². The van der Waals surface area contributed by atoms with E-state index in [1.165, 1.54) is 0 Å². The maximum atomic E-state index is 11.4. The predicted molar refractivity (Wildman–Crippen MR) is 65.0 cm³/mol. The van der Waals surface area contributed by atoms with Crippen molar-refractivity contribution in [1.29, 1.82) is 0 Å². The number of benzene rings is 1. The summed E-state index contributed by atoms with van der Waals surface area (Å²) in [6, 6.07) is 6.70. The minimum Gasteiger partial charge on any atom is -0.275 e. The van der Waals surface area contributed by atoms with Gasteiger partial charge in [0.15, 0.2) is 0 Å². The maximum absolute atomic E-state index is 11.4. The number of fused-ring (bicyclic) bond motifs is 1. The molecule has 0 aliphatic carbocycles. The van der Waals surface area contributed by atoms with Gasteiger partial charge in [-0.2, -0.15) is 0 Å². The van der Waals surface area contributed by atoms with Crippen LogP contribution in [-0.4, -0.2) is 13.7 Å². The summed E-state index contributed by atoms with van der Waals surface area (Å²) in [7, 11) is 1.31. The number of hydrogen-bond acceptors (Lipinski definition) is 4. The van der Waals surface area contributed by atoms with E-state index in [1.807, 2.05) is 0 Å². The molecule has 0 N–H and O–H groups in total. The van der Waals surface area contributed by atoms with Crippen LogP contribution < -0.4 is 0 Å². The second-order valence-electron chi connectivity index (χ2n) is 2.97. The van der Waals surface area contributed by atoms with Crippen LogP contribution in [0.25, 0.3) is 10.1 Å². The van der Waals surface area contributed by atoms with Crippen molar-refractivity contribution in [2.75, 3.05) is 0 Å². The van der Waals surface area contributed by atoms with Crippen molar-refractivity contribution in [3.63, 3.8) is 0 Å². The first-order valence-corrected chi connectivity index (χ1v) is 7.57.